The van der Waals surface area contributed by atoms with Crippen LogP contribution in [0, 0.1) is 16.7 Å². The van der Waals surface area contributed by atoms with Crippen molar-refractivity contribution in [1.29, 1.82) is 5.26 Å². The molecule has 1 aromatic rings. The molecule has 0 saturated heterocycles. The third-order valence-corrected chi connectivity index (χ3v) is 4.41. The first-order chi connectivity index (χ1) is 10.1. The minimum atomic E-state index is -0.794. The quantitative estimate of drug-likeness (QED) is 0.841. The van der Waals surface area contributed by atoms with E-state index in [9.17, 15) is 10.1 Å². The molecule has 0 heterocycles. The first kappa shape index (κ1) is 15.6. The van der Waals surface area contributed by atoms with Gasteiger partial charge in [0.05, 0.1) is 6.07 Å². The molecule has 0 N–H and O–H groups in total. The van der Waals surface area contributed by atoms with Crippen LogP contribution in [0.5, 0.6) is 0 Å². The van der Waals surface area contributed by atoms with Gasteiger partial charge in [0.15, 0.2) is 0 Å². The van der Waals surface area contributed by atoms with E-state index < -0.39 is 5.41 Å². The molecule has 0 aromatic heterocycles. The van der Waals surface area contributed by atoms with Crippen LogP contribution >= 0.6 is 0 Å². The molecule has 0 unspecified atom stereocenters. The monoisotopic (exact) mass is 284 g/mol. The van der Waals surface area contributed by atoms with Crippen LogP contribution in [0.15, 0.2) is 30.3 Å². The van der Waals surface area contributed by atoms with Gasteiger partial charge in [0, 0.05) is 12.6 Å². The highest BCUT2D eigenvalue weighted by atomic mass is 16.2. The molecular formula is C18H24N2O. The van der Waals surface area contributed by atoms with Crippen LogP contribution in [0.1, 0.15) is 51.5 Å². The zero-order valence-corrected chi connectivity index (χ0v) is 13.0. The fraction of sp³-hybridized carbons (Fsp3) is 0.556. The predicted molar refractivity (Wildman–Crippen MR) is 83.3 cm³/mol. The van der Waals surface area contributed by atoms with Crippen molar-refractivity contribution < 1.29 is 4.79 Å². The van der Waals surface area contributed by atoms with Crippen molar-refractivity contribution in [1.82, 2.24) is 4.90 Å². The summed E-state index contributed by atoms with van der Waals surface area (Å²) in [5.41, 5.74) is 0.320. The molecule has 1 amide bonds. The SMILES string of the molecule is CC(C)N(Cc1ccccc1)C(=O)C1(C#N)CCCCC1. The molecule has 1 aliphatic carbocycles. The zero-order valence-electron chi connectivity index (χ0n) is 13.0. The first-order valence-electron chi connectivity index (χ1n) is 7.85. The number of hydrogen-bond donors (Lipinski definition) is 0. The van der Waals surface area contributed by atoms with Crippen LogP contribution in [0.3, 0.4) is 0 Å². The first-order valence-corrected chi connectivity index (χ1v) is 7.85. The van der Waals surface area contributed by atoms with Crippen LogP contribution in [0.2, 0.25) is 0 Å². The molecule has 0 aliphatic heterocycles. The van der Waals surface area contributed by atoms with Crippen LogP contribution in [0.4, 0.5) is 0 Å². The number of hydrogen-bond acceptors (Lipinski definition) is 2. The van der Waals surface area contributed by atoms with Gasteiger partial charge in [0.2, 0.25) is 5.91 Å². The number of benzene rings is 1. The third-order valence-electron chi connectivity index (χ3n) is 4.41. The molecule has 112 valence electrons. The summed E-state index contributed by atoms with van der Waals surface area (Å²) in [4.78, 5) is 14.9. The molecule has 1 saturated carbocycles. The van der Waals surface area contributed by atoms with Gasteiger partial charge in [0.1, 0.15) is 5.41 Å². The van der Waals surface area contributed by atoms with Crippen molar-refractivity contribution in [2.75, 3.05) is 0 Å². The van der Waals surface area contributed by atoms with E-state index in [1.54, 1.807) is 0 Å². The van der Waals surface area contributed by atoms with Crippen LogP contribution in [0.25, 0.3) is 0 Å². The standard InChI is InChI=1S/C18H24N2O/c1-15(2)20(13-16-9-5-3-6-10-16)17(21)18(14-19)11-7-4-8-12-18/h3,5-6,9-10,15H,4,7-8,11-13H2,1-2H3. The van der Waals surface area contributed by atoms with Gasteiger partial charge in [-0.1, -0.05) is 49.6 Å². The largest absolute Gasteiger partial charge is 0.335 e. The minimum Gasteiger partial charge on any atom is -0.335 e. The molecule has 3 nitrogen and oxygen atoms in total. The van der Waals surface area contributed by atoms with Crippen molar-refractivity contribution in [2.45, 2.75) is 58.5 Å². The number of carbonyl (C=O) groups is 1. The maximum atomic E-state index is 13.0. The Morgan fingerprint density at radius 2 is 1.86 bits per heavy atom. The lowest BCUT2D eigenvalue weighted by Crippen LogP contribution is -2.47. The van der Waals surface area contributed by atoms with E-state index in [4.69, 9.17) is 0 Å². The summed E-state index contributed by atoms with van der Waals surface area (Å²) in [7, 11) is 0. The Morgan fingerprint density at radius 1 is 1.24 bits per heavy atom. The average molecular weight is 284 g/mol. The predicted octanol–water partition coefficient (Wildman–Crippen LogP) is 3.90. The highest BCUT2D eigenvalue weighted by molar-refractivity contribution is 5.85. The molecular weight excluding hydrogens is 260 g/mol. The second kappa shape index (κ2) is 6.76. The summed E-state index contributed by atoms with van der Waals surface area (Å²) in [5.74, 6) is 0.0172. The van der Waals surface area contributed by atoms with E-state index in [0.29, 0.717) is 19.4 Å². The van der Waals surface area contributed by atoms with E-state index in [1.807, 2.05) is 49.1 Å². The average Bonchev–Trinajstić information content (AvgIpc) is 2.53. The molecule has 1 aliphatic rings. The molecule has 2 rings (SSSR count). The van der Waals surface area contributed by atoms with Gasteiger partial charge in [-0.05, 0) is 32.3 Å². The Bertz CT molecular complexity index is 510. The fourth-order valence-corrected chi connectivity index (χ4v) is 3.07. The Morgan fingerprint density at radius 3 is 2.38 bits per heavy atom. The minimum absolute atomic E-state index is 0.0172. The summed E-state index contributed by atoms with van der Waals surface area (Å²) in [6, 6.07) is 12.5. The van der Waals surface area contributed by atoms with Crippen LogP contribution in [-0.2, 0) is 11.3 Å². The van der Waals surface area contributed by atoms with E-state index in [0.717, 1.165) is 24.8 Å². The van der Waals surface area contributed by atoms with Crippen molar-refractivity contribution in [3.8, 4) is 6.07 Å². The maximum Gasteiger partial charge on any atom is 0.243 e. The Balaban J connectivity index is 2.21. The second-order valence-corrected chi connectivity index (χ2v) is 6.27. The summed E-state index contributed by atoms with van der Waals surface area (Å²) >= 11 is 0. The molecule has 0 spiro atoms. The summed E-state index contributed by atoms with van der Waals surface area (Å²) < 4.78 is 0. The summed E-state index contributed by atoms with van der Waals surface area (Å²) in [6.07, 6.45) is 4.52. The molecule has 0 atom stereocenters. The Kier molecular flexibility index (Phi) is 5.01. The lowest BCUT2D eigenvalue weighted by Gasteiger charge is -2.37. The van der Waals surface area contributed by atoms with E-state index in [-0.39, 0.29) is 11.9 Å². The smallest absolute Gasteiger partial charge is 0.243 e. The molecule has 1 fully saturated rings. The van der Waals surface area contributed by atoms with Gasteiger partial charge in [-0.15, -0.1) is 0 Å². The van der Waals surface area contributed by atoms with Gasteiger partial charge < -0.3 is 4.90 Å². The summed E-state index contributed by atoms with van der Waals surface area (Å²) in [5, 5.41) is 9.61. The van der Waals surface area contributed by atoms with Gasteiger partial charge in [-0.2, -0.15) is 5.26 Å². The van der Waals surface area contributed by atoms with Gasteiger partial charge in [-0.3, -0.25) is 4.79 Å². The maximum absolute atomic E-state index is 13.0. The van der Waals surface area contributed by atoms with Crippen molar-refractivity contribution in [3.05, 3.63) is 35.9 Å². The van der Waals surface area contributed by atoms with Gasteiger partial charge >= 0.3 is 0 Å². The number of carbonyl (C=O) groups excluding carboxylic acids is 1. The van der Waals surface area contributed by atoms with Crippen molar-refractivity contribution in [3.63, 3.8) is 0 Å². The number of amides is 1. The molecule has 21 heavy (non-hydrogen) atoms. The molecule has 1 aromatic carbocycles. The summed E-state index contributed by atoms with van der Waals surface area (Å²) in [6.45, 7) is 4.63. The highest BCUT2D eigenvalue weighted by Gasteiger charge is 2.43. The number of nitriles is 1. The van der Waals surface area contributed by atoms with Gasteiger partial charge in [0.25, 0.3) is 0 Å². The Hall–Kier alpha value is -1.82. The molecule has 3 heteroatoms. The van der Waals surface area contributed by atoms with Crippen LogP contribution in [-0.4, -0.2) is 16.8 Å². The fourth-order valence-electron chi connectivity index (χ4n) is 3.07. The van der Waals surface area contributed by atoms with Crippen molar-refractivity contribution >= 4 is 5.91 Å². The van der Waals surface area contributed by atoms with E-state index in [1.165, 1.54) is 0 Å². The van der Waals surface area contributed by atoms with Gasteiger partial charge in [-0.25, -0.2) is 0 Å². The van der Waals surface area contributed by atoms with Crippen LogP contribution < -0.4 is 0 Å². The normalized spacial score (nSPS) is 17.2. The van der Waals surface area contributed by atoms with E-state index >= 15 is 0 Å². The number of rotatable bonds is 4. The highest BCUT2D eigenvalue weighted by Crippen LogP contribution is 2.38. The molecule has 0 bridgehead atoms. The zero-order chi connectivity index (χ0) is 15.3. The second-order valence-electron chi connectivity index (χ2n) is 6.27. The number of nitrogens with zero attached hydrogens (tertiary/aromatic N) is 2. The lowest BCUT2D eigenvalue weighted by atomic mass is 9.74. The lowest BCUT2D eigenvalue weighted by molar-refractivity contribution is -0.143. The molecule has 0 radical (unpaired) electrons. The topological polar surface area (TPSA) is 44.1 Å². The van der Waals surface area contributed by atoms with Crippen molar-refractivity contribution in [2.24, 2.45) is 5.41 Å². The Labute approximate surface area is 127 Å². The van der Waals surface area contributed by atoms with E-state index in [2.05, 4.69) is 6.07 Å². The third kappa shape index (κ3) is 3.44.